The lowest BCUT2D eigenvalue weighted by Gasteiger charge is -2.08. The van der Waals surface area contributed by atoms with Gasteiger partial charge in [0.15, 0.2) is 0 Å². The van der Waals surface area contributed by atoms with Crippen molar-refractivity contribution in [1.29, 1.82) is 0 Å². The molecule has 1 aromatic carbocycles. The fraction of sp³-hybridized carbons (Fsp3) is 0.111. The molecule has 0 radical (unpaired) electrons. The maximum absolute atomic E-state index is 3.96. The molecule has 0 aliphatic carbocycles. The average Bonchev–Trinajstić information content (AvgIpc) is 2.74. The van der Waals surface area contributed by atoms with E-state index in [-0.39, 0.29) is 0 Å². The van der Waals surface area contributed by atoms with E-state index in [1.54, 1.807) is 0 Å². The van der Waals surface area contributed by atoms with Crippen LogP contribution in [0.2, 0.25) is 0 Å². The van der Waals surface area contributed by atoms with Gasteiger partial charge in [0.1, 0.15) is 0 Å². The maximum atomic E-state index is 3.96. The van der Waals surface area contributed by atoms with Gasteiger partial charge in [0.25, 0.3) is 0 Å². The van der Waals surface area contributed by atoms with Crippen molar-refractivity contribution in [3.63, 3.8) is 0 Å². The number of benzene rings is 1. The molecule has 0 saturated carbocycles. The Balaban J connectivity index is 2.92. The Morgan fingerprint density at radius 2 is 1.95 bits per heavy atom. The summed E-state index contributed by atoms with van der Waals surface area (Å²) < 4.78 is 2.22. The van der Waals surface area contributed by atoms with Gasteiger partial charge in [-0.25, -0.2) is 0 Å². The second kappa shape index (κ2) is 5.57. The quantitative estimate of drug-likeness (QED) is 0.642. The molecular formula is C18H19N. The normalized spacial score (nSPS) is 12.2. The zero-order chi connectivity index (χ0) is 13.8. The van der Waals surface area contributed by atoms with Crippen molar-refractivity contribution in [1.82, 2.24) is 4.57 Å². The number of rotatable bonds is 4. The lowest BCUT2D eigenvalue weighted by Crippen LogP contribution is -1.96. The third-order valence-corrected chi connectivity index (χ3v) is 3.19. The van der Waals surface area contributed by atoms with Gasteiger partial charge in [-0.1, -0.05) is 49.6 Å². The molecule has 0 amide bonds. The number of allylic oxidation sites excluding steroid dienone is 4. The van der Waals surface area contributed by atoms with Crippen LogP contribution in [0.3, 0.4) is 0 Å². The Bertz CT molecular complexity index is 681. The first-order chi connectivity index (χ1) is 9.24. The van der Waals surface area contributed by atoms with Crippen molar-refractivity contribution in [2.24, 2.45) is 0 Å². The molecule has 0 aliphatic heterocycles. The molecule has 0 unspecified atom stereocenters. The van der Waals surface area contributed by atoms with Crippen LogP contribution in [0.5, 0.6) is 0 Å². The molecule has 0 spiro atoms. The van der Waals surface area contributed by atoms with Gasteiger partial charge >= 0.3 is 0 Å². The zero-order valence-corrected chi connectivity index (χ0v) is 11.6. The van der Waals surface area contributed by atoms with Gasteiger partial charge in [0, 0.05) is 16.6 Å². The van der Waals surface area contributed by atoms with Crippen LogP contribution in [0.1, 0.15) is 25.1 Å². The second-order valence-electron chi connectivity index (χ2n) is 4.40. The van der Waals surface area contributed by atoms with E-state index in [9.17, 15) is 0 Å². The fourth-order valence-corrected chi connectivity index (χ4v) is 2.45. The molecule has 0 atom stereocenters. The predicted molar refractivity (Wildman–Crippen MR) is 86.9 cm³/mol. The van der Waals surface area contributed by atoms with Crippen LogP contribution in [0.25, 0.3) is 28.8 Å². The Kier molecular flexibility index (Phi) is 3.86. The number of hydrogen-bond donors (Lipinski definition) is 0. The molecule has 2 rings (SSSR count). The molecule has 0 fully saturated rings. The summed E-state index contributed by atoms with van der Waals surface area (Å²) in [6.45, 7) is 11.9. The van der Waals surface area contributed by atoms with Crippen LogP contribution in [0.4, 0.5) is 0 Å². The summed E-state index contributed by atoms with van der Waals surface area (Å²) >= 11 is 0. The molecule has 0 N–H and O–H groups in total. The predicted octanol–water partition coefficient (Wildman–Crippen LogP) is 5.36. The van der Waals surface area contributed by atoms with Gasteiger partial charge in [0.05, 0.1) is 11.2 Å². The van der Waals surface area contributed by atoms with E-state index in [1.165, 1.54) is 16.5 Å². The third kappa shape index (κ3) is 2.19. The number of aromatic nitrogens is 1. The maximum Gasteiger partial charge on any atom is 0.0537 e. The lowest BCUT2D eigenvalue weighted by atomic mass is 10.1. The standard InChI is InChI=1S/C18H19N/c1-5-10-14(4)19-17(7-3)15(11-6-2)16-12-8-9-13-18(16)19/h5-13H,1,3H2,2,4H3/b11-6-,14-10+. The van der Waals surface area contributed by atoms with E-state index in [4.69, 9.17) is 0 Å². The molecule has 1 aromatic heterocycles. The molecule has 96 valence electrons. The largest absolute Gasteiger partial charge is 0.313 e. The highest BCUT2D eigenvalue weighted by atomic mass is 15.0. The van der Waals surface area contributed by atoms with Gasteiger partial charge in [-0.3, -0.25) is 0 Å². The van der Waals surface area contributed by atoms with Crippen LogP contribution >= 0.6 is 0 Å². The van der Waals surface area contributed by atoms with E-state index in [0.29, 0.717) is 0 Å². The Hall–Kier alpha value is -2.28. The summed E-state index contributed by atoms with van der Waals surface area (Å²) in [6, 6.07) is 8.41. The first kappa shape index (κ1) is 13.2. The van der Waals surface area contributed by atoms with Gasteiger partial charge in [-0.15, -0.1) is 0 Å². The van der Waals surface area contributed by atoms with E-state index < -0.39 is 0 Å². The summed E-state index contributed by atoms with van der Waals surface area (Å²) in [5, 5.41) is 1.24. The third-order valence-electron chi connectivity index (χ3n) is 3.19. The Morgan fingerprint density at radius 1 is 1.21 bits per heavy atom. The molecule has 1 nitrogen and oxygen atoms in total. The van der Waals surface area contributed by atoms with Crippen LogP contribution in [-0.4, -0.2) is 4.57 Å². The second-order valence-corrected chi connectivity index (χ2v) is 4.40. The lowest BCUT2D eigenvalue weighted by molar-refractivity contribution is 1.12. The molecule has 0 bridgehead atoms. The molecule has 0 saturated heterocycles. The highest BCUT2D eigenvalue weighted by Gasteiger charge is 2.13. The van der Waals surface area contributed by atoms with Gasteiger partial charge < -0.3 is 4.57 Å². The highest BCUT2D eigenvalue weighted by molar-refractivity contribution is 5.96. The van der Waals surface area contributed by atoms with E-state index in [1.807, 2.05) is 25.2 Å². The monoisotopic (exact) mass is 249 g/mol. The first-order valence-electron chi connectivity index (χ1n) is 6.42. The minimum Gasteiger partial charge on any atom is -0.313 e. The van der Waals surface area contributed by atoms with Crippen LogP contribution < -0.4 is 0 Å². The molecule has 1 heterocycles. The Labute approximate surface area is 114 Å². The molecular weight excluding hydrogens is 230 g/mol. The van der Waals surface area contributed by atoms with E-state index in [0.717, 1.165) is 11.4 Å². The van der Waals surface area contributed by atoms with Crippen molar-refractivity contribution in [2.75, 3.05) is 0 Å². The summed E-state index contributed by atoms with van der Waals surface area (Å²) in [6.07, 6.45) is 9.93. The van der Waals surface area contributed by atoms with Crippen LogP contribution in [0, 0.1) is 0 Å². The van der Waals surface area contributed by atoms with E-state index in [2.05, 4.69) is 61.1 Å². The molecule has 2 aromatic rings. The van der Waals surface area contributed by atoms with Crippen LogP contribution in [-0.2, 0) is 0 Å². The van der Waals surface area contributed by atoms with Crippen LogP contribution in [0.15, 0.2) is 55.7 Å². The summed E-state index contributed by atoms with van der Waals surface area (Å²) in [4.78, 5) is 0. The molecule has 19 heavy (non-hydrogen) atoms. The summed E-state index contributed by atoms with van der Waals surface area (Å²) in [5.74, 6) is 0. The SMILES string of the molecule is C=C/C=C(\C)n1c(C=C)c(/C=C\C)c2ccccc21. The zero-order valence-electron chi connectivity index (χ0n) is 11.6. The highest BCUT2D eigenvalue weighted by Crippen LogP contribution is 2.31. The smallest absolute Gasteiger partial charge is 0.0537 e. The minimum atomic E-state index is 1.12. The summed E-state index contributed by atoms with van der Waals surface area (Å²) in [5.41, 5.74) is 4.66. The van der Waals surface area contributed by atoms with Crippen molar-refractivity contribution in [2.45, 2.75) is 13.8 Å². The topological polar surface area (TPSA) is 4.93 Å². The van der Waals surface area contributed by atoms with Gasteiger partial charge in [-0.2, -0.15) is 0 Å². The first-order valence-corrected chi connectivity index (χ1v) is 6.42. The Morgan fingerprint density at radius 3 is 2.58 bits per heavy atom. The fourth-order valence-electron chi connectivity index (χ4n) is 2.45. The van der Waals surface area contributed by atoms with E-state index >= 15 is 0 Å². The number of nitrogens with zero attached hydrogens (tertiary/aromatic N) is 1. The van der Waals surface area contributed by atoms with Crippen molar-refractivity contribution in [3.05, 3.63) is 66.9 Å². The minimum absolute atomic E-state index is 1.12. The summed E-state index contributed by atoms with van der Waals surface area (Å²) in [7, 11) is 0. The van der Waals surface area contributed by atoms with Gasteiger partial charge in [0.2, 0.25) is 0 Å². The molecule has 0 aliphatic rings. The van der Waals surface area contributed by atoms with Crippen molar-refractivity contribution >= 4 is 28.8 Å². The molecule has 1 heteroatoms. The number of hydrogen-bond acceptors (Lipinski definition) is 0. The van der Waals surface area contributed by atoms with Crippen molar-refractivity contribution in [3.8, 4) is 0 Å². The van der Waals surface area contributed by atoms with Crippen molar-refractivity contribution < 1.29 is 0 Å². The number of para-hydroxylation sites is 1. The number of fused-ring (bicyclic) bond motifs is 1. The average molecular weight is 249 g/mol. The van der Waals surface area contributed by atoms with Gasteiger partial charge in [-0.05, 0) is 32.1 Å².